The highest BCUT2D eigenvalue weighted by Crippen LogP contribution is 2.18. The highest BCUT2D eigenvalue weighted by Gasteiger charge is 2.25. The molecular formula is C12H24N2O2. The lowest BCUT2D eigenvalue weighted by atomic mass is 9.96. The van der Waals surface area contributed by atoms with Crippen LogP contribution in [0.15, 0.2) is 0 Å². The monoisotopic (exact) mass is 228 g/mol. The third kappa shape index (κ3) is 3.76. The zero-order valence-electron chi connectivity index (χ0n) is 10.7. The van der Waals surface area contributed by atoms with Crippen molar-refractivity contribution in [3.05, 3.63) is 0 Å². The largest absolute Gasteiger partial charge is 0.384 e. The Labute approximate surface area is 98.3 Å². The molecule has 1 aliphatic rings. The van der Waals surface area contributed by atoms with E-state index in [9.17, 15) is 4.79 Å². The zero-order valence-corrected chi connectivity index (χ0v) is 10.7. The van der Waals surface area contributed by atoms with E-state index in [1.807, 2.05) is 18.9 Å². The minimum Gasteiger partial charge on any atom is -0.384 e. The van der Waals surface area contributed by atoms with Gasteiger partial charge in [-0.3, -0.25) is 4.79 Å². The fourth-order valence-corrected chi connectivity index (χ4v) is 2.26. The van der Waals surface area contributed by atoms with Crippen molar-refractivity contribution in [2.75, 3.05) is 40.4 Å². The second-order valence-electron chi connectivity index (χ2n) is 4.68. The number of hydrogen-bond acceptors (Lipinski definition) is 3. The summed E-state index contributed by atoms with van der Waals surface area (Å²) in [7, 11) is 3.63. The summed E-state index contributed by atoms with van der Waals surface area (Å²) in [6, 6.07) is 0. The van der Waals surface area contributed by atoms with E-state index in [1.165, 1.54) is 0 Å². The first-order chi connectivity index (χ1) is 7.69. The lowest BCUT2D eigenvalue weighted by molar-refractivity contribution is -0.136. The second kappa shape index (κ2) is 6.86. The molecule has 1 N–H and O–H groups in total. The van der Waals surface area contributed by atoms with E-state index in [0.717, 1.165) is 39.1 Å². The number of ether oxygens (including phenoxy) is 1. The molecule has 1 aliphatic heterocycles. The molecule has 1 saturated heterocycles. The number of amides is 1. The van der Waals surface area contributed by atoms with Crippen LogP contribution in [-0.4, -0.2) is 51.2 Å². The maximum Gasteiger partial charge on any atom is 0.226 e. The first kappa shape index (κ1) is 13.5. The SMILES string of the molecule is CNCC(C)C(=O)N1CCC(COC)CC1. The van der Waals surface area contributed by atoms with Crippen molar-refractivity contribution >= 4 is 5.91 Å². The lowest BCUT2D eigenvalue weighted by Gasteiger charge is -2.33. The van der Waals surface area contributed by atoms with Gasteiger partial charge in [0.1, 0.15) is 0 Å². The minimum absolute atomic E-state index is 0.0870. The van der Waals surface area contributed by atoms with Gasteiger partial charge in [0.2, 0.25) is 5.91 Å². The van der Waals surface area contributed by atoms with Crippen molar-refractivity contribution in [3.8, 4) is 0 Å². The van der Waals surface area contributed by atoms with Crippen molar-refractivity contribution in [1.29, 1.82) is 0 Å². The summed E-state index contributed by atoms with van der Waals surface area (Å²) in [6.07, 6.45) is 2.15. The number of nitrogens with zero attached hydrogens (tertiary/aromatic N) is 1. The van der Waals surface area contributed by atoms with Gasteiger partial charge in [-0.15, -0.1) is 0 Å². The third-order valence-corrected chi connectivity index (χ3v) is 3.26. The Kier molecular flexibility index (Phi) is 5.77. The number of likely N-dealkylation sites (tertiary alicyclic amines) is 1. The molecule has 0 aromatic carbocycles. The van der Waals surface area contributed by atoms with Crippen LogP contribution in [0.1, 0.15) is 19.8 Å². The summed E-state index contributed by atoms with van der Waals surface area (Å²) >= 11 is 0. The Hall–Kier alpha value is -0.610. The molecule has 4 heteroatoms. The molecule has 0 spiro atoms. The average molecular weight is 228 g/mol. The summed E-state index contributed by atoms with van der Waals surface area (Å²) in [5.41, 5.74) is 0. The van der Waals surface area contributed by atoms with Crippen molar-refractivity contribution in [2.24, 2.45) is 11.8 Å². The van der Waals surface area contributed by atoms with E-state index in [1.54, 1.807) is 7.11 Å². The van der Waals surface area contributed by atoms with E-state index in [4.69, 9.17) is 4.74 Å². The number of hydrogen-bond donors (Lipinski definition) is 1. The number of piperidine rings is 1. The molecule has 0 bridgehead atoms. The summed E-state index contributed by atoms with van der Waals surface area (Å²) in [4.78, 5) is 14.0. The van der Waals surface area contributed by atoms with Gasteiger partial charge in [-0.05, 0) is 25.8 Å². The van der Waals surface area contributed by atoms with Crippen LogP contribution in [0.2, 0.25) is 0 Å². The Morgan fingerprint density at radius 1 is 1.50 bits per heavy atom. The van der Waals surface area contributed by atoms with Crippen LogP contribution < -0.4 is 5.32 Å². The van der Waals surface area contributed by atoms with Crippen molar-refractivity contribution in [1.82, 2.24) is 10.2 Å². The number of rotatable bonds is 5. The van der Waals surface area contributed by atoms with E-state index >= 15 is 0 Å². The predicted molar refractivity (Wildman–Crippen MR) is 64.3 cm³/mol. The number of nitrogens with one attached hydrogen (secondary N) is 1. The molecule has 4 nitrogen and oxygen atoms in total. The maximum atomic E-state index is 12.0. The quantitative estimate of drug-likeness (QED) is 0.754. The van der Waals surface area contributed by atoms with E-state index in [2.05, 4.69) is 5.32 Å². The van der Waals surface area contributed by atoms with Crippen molar-refractivity contribution < 1.29 is 9.53 Å². The highest BCUT2D eigenvalue weighted by atomic mass is 16.5. The normalized spacial score (nSPS) is 19.8. The van der Waals surface area contributed by atoms with Crippen LogP contribution >= 0.6 is 0 Å². The van der Waals surface area contributed by atoms with Gasteiger partial charge in [0.05, 0.1) is 0 Å². The summed E-state index contributed by atoms with van der Waals surface area (Å²) in [6.45, 7) is 5.35. The molecule has 0 aromatic heterocycles. The molecule has 1 amide bonds. The van der Waals surface area contributed by atoms with Crippen LogP contribution in [0, 0.1) is 11.8 Å². The van der Waals surface area contributed by atoms with Crippen LogP contribution in [0.5, 0.6) is 0 Å². The molecule has 1 unspecified atom stereocenters. The molecular weight excluding hydrogens is 204 g/mol. The third-order valence-electron chi connectivity index (χ3n) is 3.26. The van der Waals surface area contributed by atoms with Crippen molar-refractivity contribution in [2.45, 2.75) is 19.8 Å². The van der Waals surface area contributed by atoms with Gasteiger partial charge in [0, 0.05) is 39.3 Å². The molecule has 1 heterocycles. The summed E-state index contributed by atoms with van der Waals surface area (Å²) in [5.74, 6) is 1.00. The molecule has 1 atom stereocenters. The van der Waals surface area contributed by atoms with E-state index in [0.29, 0.717) is 5.92 Å². The molecule has 0 aromatic rings. The van der Waals surface area contributed by atoms with Gasteiger partial charge in [0.25, 0.3) is 0 Å². The van der Waals surface area contributed by atoms with Crippen molar-refractivity contribution in [3.63, 3.8) is 0 Å². The van der Waals surface area contributed by atoms with Crippen LogP contribution in [0.25, 0.3) is 0 Å². The lowest BCUT2D eigenvalue weighted by Crippen LogP contribution is -2.43. The van der Waals surface area contributed by atoms with Gasteiger partial charge < -0.3 is 15.0 Å². The standard InChI is InChI=1S/C12H24N2O2/c1-10(8-13-2)12(15)14-6-4-11(5-7-14)9-16-3/h10-11,13H,4-9H2,1-3H3. The van der Waals surface area contributed by atoms with Gasteiger partial charge >= 0.3 is 0 Å². The Balaban J connectivity index is 2.32. The van der Waals surface area contributed by atoms with Crippen LogP contribution in [0.4, 0.5) is 0 Å². The van der Waals surface area contributed by atoms with E-state index < -0.39 is 0 Å². The molecule has 1 rings (SSSR count). The van der Waals surface area contributed by atoms with Crippen LogP contribution in [-0.2, 0) is 9.53 Å². The highest BCUT2D eigenvalue weighted by molar-refractivity contribution is 5.78. The molecule has 0 aliphatic carbocycles. The van der Waals surface area contributed by atoms with Gasteiger partial charge in [-0.1, -0.05) is 6.92 Å². The molecule has 94 valence electrons. The first-order valence-corrected chi connectivity index (χ1v) is 6.11. The number of carbonyl (C=O) groups excluding carboxylic acids is 1. The summed E-state index contributed by atoms with van der Waals surface area (Å²) in [5, 5.41) is 3.05. The van der Waals surface area contributed by atoms with E-state index in [-0.39, 0.29) is 11.8 Å². The fourth-order valence-electron chi connectivity index (χ4n) is 2.26. The molecule has 16 heavy (non-hydrogen) atoms. The molecule has 1 fully saturated rings. The summed E-state index contributed by atoms with van der Waals surface area (Å²) < 4.78 is 5.15. The van der Waals surface area contributed by atoms with Gasteiger partial charge in [0.15, 0.2) is 0 Å². The second-order valence-corrected chi connectivity index (χ2v) is 4.68. The maximum absolute atomic E-state index is 12.0. The smallest absolute Gasteiger partial charge is 0.226 e. The topological polar surface area (TPSA) is 41.6 Å². The first-order valence-electron chi connectivity index (χ1n) is 6.11. The minimum atomic E-state index is 0.0870. The Morgan fingerprint density at radius 2 is 2.12 bits per heavy atom. The Morgan fingerprint density at radius 3 is 2.62 bits per heavy atom. The van der Waals surface area contributed by atoms with Gasteiger partial charge in [-0.25, -0.2) is 0 Å². The zero-order chi connectivity index (χ0) is 12.0. The van der Waals surface area contributed by atoms with Gasteiger partial charge in [-0.2, -0.15) is 0 Å². The van der Waals surface area contributed by atoms with Crippen LogP contribution in [0.3, 0.4) is 0 Å². The Bertz CT molecular complexity index is 213. The number of carbonyl (C=O) groups is 1. The number of methoxy groups -OCH3 is 1. The molecule has 0 radical (unpaired) electrons. The fraction of sp³-hybridized carbons (Fsp3) is 0.917. The predicted octanol–water partition coefficient (Wildman–Crippen LogP) is 0.727. The molecule has 0 saturated carbocycles. The average Bonchev–Trinajstić information content (AvgIpc) is 2.30.